The van der Waals surface area contributed by atoms with Gasteiger partial charge in [-0.05, 0) is 11.1 Å². The molecule has 19 nitrogen and oxygen atoms in total. The maximum absolute atomic E-state index is 14.6. The molecule has 21 heteroatoms. The Labute approximate surface area is 296 Å². The number of hydrogen-bond acceptors (Lipinski definition) is 18. The van der Waals surface area contributed by atoms with E-state index in [1.807, 2.05) is 0 Å². The maximum Gasteiger partial charge on any atom is 0.345 e. The van der Waals surface area contributed by atoms with Crippen LogP contribution in [0.15, 0.2) is 73.3 Å². The summed E-state index contributed by atoms with van der Waals surface area (Å²) in [7, 11) is -9.38. The Balaban J connectivity index is 1.25. The van der Waals surface area contributed by atoms with Crippen LogP contribution < -0.4 is 5.73 Å². The number of hydrogen-bond donors (Lipinski definition) is 7. The molecular formula is C31H39N5O14P2. The number of nitrogens with two attached hydrogens (primary N) is 1. The van der Waals surface area contributed by atoms with E-state index in [1.54, 1.807) is 60.7 Å². The van der Waals surface area contributed by atoms with E-state index in [0.29, 0.717) is 11.1 Å². The van der Waals surface area contributed by atoms with Gasteiger partial charge in [0.2, 0.25) is 0 Å². The molecule has 0 radical (unpaired) electrons. The summed E-state index contributed by atoms with van der Waals surface area (Å²) in [6, 6.07) is 17.0. The van der Waals surface area contributed by atoms with Crippen molar-refractivity contribution in [2.45, 2.75) is 68.5 Å². The number of fused-ring (bicyclic) bond motifs is 1. The number of aliphatic hydroxyl groups is 6. The number of rotatable bonds is 15. The van der Waals surface area contributed by atoms with Gasteiger partial charge in [0.25, 0.3) is 0 Å². The van der Waals surface area contributed by atoms with Crippen LogP contribution >= 0.6 is 15.2 Å². The summed E-state index contributed by atoms with van der Waals surface area (Å²) in [4.78, 5) is 12.2. The van der Waals surface area contributed by atoms with Crippen molar-refractivity contribution in [1.82, 2.24) is 19.5 Å². The van der Waals surface area contributed by atoms with Gasteiger partial charge in [-0.3, -0.25) is 18.2 Å². The molecule has 0 saturated carbocycles. The molecule has 4 aromatic rings. The average Bonchev–Trinajstić information content (AvgIpc) is 3.71. The zero-order chi connectivity index (χ0) is 37.0. The Morgan fingerprint density at radius 2 is 1.35 bits per heavy atom. The fourth-order valence-electron chi connectivity index (χ4n) is 5.58. The number of benzene rings is 2. The highest BCUT2D eigenvalue weighted by molar-refractivity contribution is 7.71. The van der Waals surface area contributed by atoms with Crippen LogP contribution in [0.4, 0.5) is 5.82 Å². The highest BCUT2D eigenvalue weighted by atomic mass is 31.2. The number of imidazole rings is 1. The van der Waals surface area contributed by atoms with Gasteiger partial charge in [-0.1, -0.05) is 60.7 Å². The summed E-state index contributed by atoms with van der Waals surface area (Å²) in [5.41, 5.74) is 7.41. The third-order valence-corrected chi connectivity index (χ3v) is 13.3. The molecule has 8 N–H and O–H groups in total. The predicted molar refractivity (Wildman–Crippen MR) is 179 cm³/mol. The second-order valence-corrected chi connectivity index (χ2v) is 16.7. The molecule has 5 unspecified atom stereocenters. The van der Waals surface area contributed by atoms with Gasteiger partial charge < -0.3 is 59.4 Å². The fraction of sp³-hybridized carbons (Fsp3) is 0.452. The third-order valence-electron chi connectivity index (χ3n) is 8.43. The van der Waals surface area contributed by atoms with Crippen LogP contribution in [0.3, 0.4) is 0 Å². The standard InChI is InChI=1S/C31H39N5O14P2/c32-28-22-29(34-15-33-28)36(16-35-22)30-26(41)24(39)21(48-30)14-47-51(43,45-12-18-7-3-1-4-8-18)17-52(44,46-13-19-9-5-2-6-10-19)50-31-27(42)25(40)23(38)20(11-37)49-31/h1-10,15-16,20-21,23-27,30-31,37-42H,11-14,17H2,(H2,32,33,34)/t20?,21-,23-,24?,25+,26+,27?,30-,31+,51?,52?/m1/s1. The van der Waals surface area contributed by atoms with Gasteiger partial charge in [0.1, 0.15) is 54.6 Å². The predicted octanol–water partition coefficient (Wildman–Crippen LogP) is 0.638. The molecule has 282 valence electrons. The van der Waals surface area contributed by atoms with E-state index in [1.165, 1.54) is 17.2 Å². The zero-order valence-corrected chi connectivity index (χ0v) is 29.2. The summed E-state index contributed by atoms with van der Waals surface area (Å²) in [6.07, 6.45) is -12.1. The van der Waals surface area contributed by atoms with Crippen LogP contribution in [-0.2, 0) is 49.9 Å². The van der Waals surface area contributed by atoms with Gasteiger partial charge in [0.15, 0.2) is 29.9 Å². The smallest absolute Gasteiger partial charge is 0.345 e. The van der Waals surface area contributed by atoms with Gasteiger partial charge in [-0.2, -0.15) is 0 Å². The Kier molecular flexibility index (Phi) is 12.2. The molecule has 0 bridgehead atoms. The van der Waals surface area contributed by atoms with Crippen LogP contribution in [-0.4, -0.2) is 118 Å². The largest absolute Gasteiger partial charge is 0.394 e. The number of anilines is 1. The van der Waals surface area contributed by atoms with Crippen LogP contribution in [0.25, 0.3) is 11.2 Å². The van der Waals surface area contributed by atoms with Crippen molar-refractivity contribution in [3.8, 4) is 0 Å². The lowest BCUT2D eigenvalue weighted by atomic mass is 10.00. The van der Waals surface area contributed by atoms with Crippen LogP contribution in [0.5, 0.6) is 0 Å². The van der Waals surface area contributed by atoms with E-state index in [-0.39, 0.29) is 30.2 Å². The van der Waals surface area contributed by atoms with Gasteiger partial charge in [-0.25, -0.2) is 15.0 Å². The highest BCUT2D eigenvalue weighted by Crippen LogP contribution is 2.65. The summed E-state index contributed by atoms with van der Waals surface area (Å²) >= 11 is 0. The second kappa shape index (κ2) is 16.4. The Hall–Kier alpha value is -3.23. The molecule has 2 fully saturated rings. The second-order valence-electron chi connectivity index (χ2n) is 12.1. The maximum atomic E-state index is 14.6. The normalized spacial score (nSPS) is 30.2. The zero-order valence-electron chi connectivity index (χ0n) is 27.4. The van der Waals surface area contributed by atoms with Gasteiger partial charge in [0, 0.05) is 0 Å². The lowest BCUT2D eigenvalue weighted by molar-refractivity contribution is -0.279. The molecule has 2 aromatic heterocycles. The summed E-state index contributed by atoms with van der Waals surface area (Å²) in [6.45, 7) is -2.12. The molecular weight excluding hydrogens is 728 g/mol. The molecule has 52 heavy (non-hydrogen) atoms. The van der Waals surface area contributed by atoms with Gasteiger partial charge >= 0.3 is 15.2 Å². The van der Waals surface area contributed by atoms with E-state index in [2.05, 4.69) is 15.0 Å². The summed E-state index contributed by atoms with van der Waals surface area (Å²) in [5, 5.41) is 62.8. The van der Waals surface area contributed by atoms with Crippen molar-refractivity contribution in [2.24, 2.45) is 0 Å². The number of nitrogen functional groups attached to an aromatic ring is 1. The van der Waals surface area contributed by atoms with Crippen LogP contribution in [0.2, 0.25) is 0 Å². The lowest BCUT2D eigenvalue weighted by Gasteiger charge is -2.40. The molecule has 6 rings (SSSR count). The van der Waals surface area contributed by atoms with Crippen molar-refractivity contribution in [3.63, 3.8) is 0 Å². The third kappa shape index (κ3) is 8.59. The molecule has 0 aliphatic carbocycles. The Bertz CT molecular complexity index is 1870. The molecule has 0 amide bonds. The number of nitrogens with zero attached hydrogens (tertiary/aromatic N) is 4. The van der Waals surface area contributed by atoms with E-state index < -0.39 is 89.6 Å². The van der Waals surface area contributed by atoms with Crippen molar-refractivity contribution < 1.29 is 67.3 Å². The minimum Gasteiger partial charge on any atom is -0.394 e. The molecule has 4 heterocycles. The van der Waals surface area contributed by atoms with E-state index in [4.69, 9.17) is 33.3 Å². The van der Waals surface area contributed by atoms with Crippen molar-refractivity contribution >= 4 is 32.2 Å². The Morgan fingerprint density at radius 1 is 0.731 bits per heavy atom. The molecule has 11 atom stereocenters. The molecule has 2 aliphatic rings. The fourth-order valence-corrected chi connectivity index (χ4v) is 10.2. The first-order valence-corrected chi connectivity index (χ1v) is 19.5. The Morgan fingerprint density at radius 3 is 1.98 bits per heavy atom. The molecule has 2 saturated heterocycles. The van der Waals surface area contributed by atoms with Crippen molar-refractivity contribution in [2.75, 3.05) is 24.9 Å². The summed E-state index contributed by atoms with van der Waals surface area (Å²) < 4.78 is 64.7. The van der Waals surface area contributed by atoms with E-state index in [9.17, 15) is 39.8 Å². The van der Waals surface area contributed by atoms with Crippen LogP contribution in [0, 0.1) is 0 Å². The molecule has 2 aromatic carbocycles. The van der Waals surface area contributed by atoms with Crippen molar-refractivity contribution in [3.05, 3.63) is 84.4 Å². The number of aliphatic hydroxyl groups excluding tert-OH is 6. The average molecular weight is 768 g/mol. The summed E-state index contributed by atoms with van der Waals surface area (Å²) in [5.74, 6) is -0.996. The SMILES string of the molecule is Nc1ncnc2c1ncn2[C@@H]1O[C@H](COP(=O)(CP(=O)(OCc2ccccc2)O[C@@H]2OC(CO)[C@@H](O)[C@H](O)C2O)OCc2ccccc2)C(O)[C@@H]1O. The molecule has 2 aliphatic heterocycles. The monoisotopic (exact) mass is 767 g/mol. The molecule has 0 spiro atoms. The highest BCUT2D eigenvalue weighted by Gasteiger charge is 2.50. The van der Waals surface area contributed by atoms with Crippen molar-refractivity contribution in [1.29, 1.82) is 0 Å². The lowest BCUT2D eigenvalue weighted by Crippen LogP contribution is -2.59. The quantitative estimate of drug-likeness (QED) is 0.0817. The van der Waals surface area contributed by atoms with Gasteiger partial charge in [-0.15, -0.1) is 0 Å². The minimum absolute atomic E-state index is 0.0815. The van der Waals surface area contributed by atoms with Gasteiger partial charge in [0.05, 0.1) is 32.8 Å². The minimum atomic E-state index is -4.75. The topological polar surface area (TPSA) is 281 Å². The first kappa shape index (κ1) is 38.5. The van der Waals surface area contributed by atoms with Crippen LogP contribution in [0.1, 0.15) is 17.4 Å². The first-order valence-electron chi connectivity index (χ1n) is 16.0. The number of ether oxygens (including phenoxy) is 2. The first-order chi connectivity index (χ1) is 24.9. The van der Waals surface area contributed by atoms with E-state index in [0.717, 1.165) is 0 Å². The van der Waals surface area contributed by atoms with E-state index >= 15 is 0 Å². The number of aromatic nitrogens is 4.